The number of hydrogen-bond acceptors (Lipinski definition) is 4. The Hall–Kier alpha value is -1.08. The fourth-order valence-electron chi connectivity index (χ4n) is 0.574. The van der Waals surface area contributed by atoms with Crippen molar-refractivity contribution in [2.24, 2.45) is 5.73 Å². The molecule has 0 atom stereocenters. The number of thiocarbonyl (C=S) groups is 1. The van der Waals surface area contributed by atoms with Crippen molar-refractivity contribution in [3.8, 4) is 0 Å². The van der Waals surface area contributed by atoms with E-state index in [9.17, 15) is 9.59 Å². The predicted molar refractivity (Wildman–Crippen MR) is 51.1 cm³/mol. The van der Waals surface area contributed by atoms with Gasteiger partial charge in [0, 0.05) is 24.2 Å². The molecule has 12 heavy (non-hydrogen) atoms. The van der Waals surface area contributed by atoms with E-state index >= 15 is 0 Å². The van der Waals surface area contributed by atoms with E-state index in [-0.39, 0.29) is 4.32 Å². The minimum Gasteiger partial charge on any atom is -0.383 e. The molecule has 0 aliphatic rings. The number of nitrogens with one attached hydrogen (secondary N) is 1. The number of aromatic amines is 1. The zero-order valence-corrected chi connectivity index (χ0v) is 7.45. The van der Waals surface area contributed by atoms with E-state index < -0.39 is 11.2 Å². The van der Waals surface area contributed by atoms with E-state index in [1.54, 1.807) is 0 Å². The molecule has 7 heteroatoms. The van der Waals surface area contributed by atoms with Gasteiger partial charge < -0.3 is 5.73 Å². The lowest BCUT2D eigenvalue weighted by atomic mass is 10.7. The molecule has 0 amide bonds. The summed E-state index contributed by atoms with van der Waals surface area (Å²) in [5.74, 6) is 0. The molecule has 64 valence electrons. The Morgan fingerprint density at radius 3 is 2.83 bits per heavy atom. The van der Waals surface area contributed by atoms with E-state index in [0.29, 0.717) is 0 Å². The summed E-state index contributed by atoms with van der Waals surface area (Å²) in [6.45, 7) is 0. The zero-order chi connectivity index (χ0) is 9.14. The molecule has 0 fully saturated rings. The Morgan fingerprint density at radius 2 is 2.33 bits per heavy atom. The van der Waals surface area contributed by atoms with Crippen LogP contribution < -0.4 is 17.0 Å². The molecule has 0 aliphatic carbocycles. The molecule has 0 aliphatic heterocycles. The van der Waals surface area contributed by atoms with Gasteiger partial charge >= 0.3 is 5.69 Å². The summed E-state index contributed by atoms with van der Waals surface area (Å²) in [5, 5.41) is 0. The topological polar surface area (TPSA) is 80.9 Å². The molecule has 1 heterocycles. The van der Waals surface area contributed by atoms with Crippen LogP contribution in [0, 0.1) is 0 Å². The highest BCUT2D eigenvalue weighted by molar-refractivity contribution is 8.21. The number of hydrogen-bond donors (Lipinski definition) is 2. The molecule has 3 N–H and O–H groups in total. The molecule has 5 nitrogen and oxygen atoms in total. The van der Waals surface area contributed by atoms with E-state index in [2.05, 4.69) is 17.2 Å². The van der Waals surface area contributed by atoms with Crippen molar-refractivity contribution < 1.29 is 0 Å². The van der Waals surface area contributed by atoms with Gasteiger partial charge in [-0.3, -0.25) is 9.78 Å². The second kappa shape index (κ2) is 3.55. The first-order chi connectivity index (χ1) is 5.59. The molecular weight excluding hydrogens is 198 g/mol. The first-order valence-electron chi connectivity index (χ1n) is 2.89. The molecule has 0 radical (unpaired) electrons. The number of rotatable bonds is 1. The van der Waals surface area contributed by atoms with Gasteiger partial charge in [0.25, 0.3) is 5.56 Å². The van der Waals surface area contributed by atoms with E-state index in [0.717, 1.165) is 15.9 Å². The molecular formula is C5H5N3O2S2. The first kappa shape index (κ1) is 9.01. The molecule has 1 rings (SSSR count). The third-order valence-electron chi connectivity index (χ3n) is 0.980. The monoisotopic (exact) mass is 203 g/mol. The van der Waals surface area contributed by atoms with Crippen LogP contribution in [-0.4, -0.2) is 13.3 Å². The second-order valence-corrected chi connectivity index (χ2v) is 3.56. The van der Waals surface area contributed by atoms with Crippen LogP contribution in [0.5, 0.6) is 0 Å². The molecule has 0 spiro atoms. The van der Waals surface area contributed by atoms with Crippen molar-refractivity contribution in [1.29, 1.82) is 0 Å². The largest absolute Gasteiger partial charge is 0.383 e. The zero-order valence-electron chi connectivity index (χ0n) is 5.81. The second-order valence-electron chi connectivity index (χ2n) is 1.85. The summed E-state index contributed by atoms with van der Waals surface area (Å²) >= 11 is 5.44. The number of nitrogens with zero attached hydrogens (tertiary/aromatic N) is 1. The van der Waals surface area contributed by atoms with Crippen molar-refractivity contribution in [2.45, 2.75) is 0 Å². The maximum absolute atomic E-state index is 10.9. The number of aromatic nitrogens is 2. The number of H-pyrrole nitrogens is 1. The van der Waals surface area contributed by atoms with Crippen LogP contribution in [-0.2, 0) is 0 Å². The minimum absolute atomic E-state index is 0.115. The number of nitrogens with two attached hydrogens (primary N) is 1. The predicted octanol–water partition coefficient (Wildman–Crippen LogP) is -0.724. The lowest BCUT2D eigenvalue weighted by Gasteiger charge is -1.98. The van der Waals surface area contributed by atoms with Crippen molar-refractivity contribution in [1.82, 2.24) is 8.96 Å². The average Bonchev–Trinajstić information content (AvgIpc) is 1.94. The fraction of sp³-hybridized carbons (Fsp3) is 0. The third kappa shape index (κ3) is 2.21. The maximum atomic E-state index is 10.9. The van der Waals surface area contributed by atoms with Gasteiger partial charge in [-0.2, -0.15) is 0 Å². The molecule has 0 bridgehead atoms. The molecule has 0 saturated carbocycles. The maximum Gasteiger partial charge on any atom is 0.338 e. The third-order valence-corrected chi connectivity index (χ3v) is 1.87. The van der Waals surface area contributed by atoms with E-state index in [1.807, 2.05) is 0 Å². The van der Waals surface area contributed by atoms with Crippen molar-refractivity contribution >= 4 is 28.5 Å². The van der Waals surface area contributed by atoms with Crippen molar-refractivity contribution in [3.63, 3.8) is 0 Å². The smallest absolute Gasteiger partial charge is 0.338 e. The Morgan fingerprint density at radius 1 is 1.67 bits per heavy atom. The van der Waals surface area contributed by atoms with E-state index in [1.165, 1.54) is 12.3 Å². The van der Waals surface area contributed by atoms with Gasteiger partial charge in [0.05, 0.1) is 0 Å². The Kier molecular flexibility index (Phi) is 2.66. The Labute approximate surface area is 76.7 Å². The molecule has 0 saturated heterocycles. The van der Waals surface area contributed by atoms with Crippen molar-refractivity contribution in [2.75, 3.05) is 0 Å². The van der Waals surface area contributed by atoms with Crippen LogP contribution in [0.15, 0.2) is 21.9 Å². The lowest BCUT2D eigenvalue weighted by Crippen LogP contribution is -2.27. The minimum atomic E-state index is -0.541. The summed E-state index contributed by atoms with van der Waals surface area (Å²) in [6.07, 6.45) is 1.31. The molecule has 1 aromatic rings. The van der Waals surface area contributed by atoms with E-state index in [4.69, 9.17) is 5.73 Å². The highest BCUT2D eigenvalue weighted by atomic mass is 32.2. The Balaban J connectivity index is 3.10. The van der Waals surface area contributed by atoms with Gasteiger partial charge in [-0.15, -0.1) is 0 Å². The van der Waals surface area contributed by atoms with Gasteiger partial charge in [0.2, 0.25) is 0 Å². The normalized spacial score (nSPS) is 9.67. The lowest BCUT2D eigenvalue weighted by molar-refractivity contribution is 0.993. The van der Waals surface area contributed by atoms with Crippen LogP contribution in [0.25, 0.3) is 0 Å². The van der Waals surface area contributed by atoms with Gasteiger partial charge in [-0.05, 0) is 0 Å². The highest BCUT2D eigenvalue weighted by Gasteiger charge is 1.97. The van der Waals surface area contributed by atoms with Crippen LogP contribution in [0.4, 0.5) is 0 Å². The summed E-state index contributed by atoms with van der Waals surface area (Å²) in [5.41, 5.74) is 4.19. The summed E-state index contributed by atoms with van der Waals surface area (Å²) < 4.78 is 1.26. The highest BCUT2D eigenvalue weighted by Crippen LogP contribution is 1.98. The van der Waals surface area contributed by atoms with Crippen LogP contribution in [0.1, 0.15) is 0 Å². The van der Waals surface area contributed by atoms with Crippen LogP contribution in [0.3, 0.4) is 0 Å². The SMILES string of the molecule is NC(=S)Sn1ccc(=O)[nH]c1=O. The summed E-state index contributed by atoms with van der Waals surface area (Å²) in [4.78, 5) is 23.6. The summed E-state index contributed by atoms with van der Waals surface area (Å²) in [7, 11) is 0. The van der Waals surface area contributed by atoms with Gasteiger partial charge in [0.1, 0.15) is 0 Å². The van der Waals surface area contributed by atoms with Crippen LogP contribution >= 0.6 is 24.2 Å². The van der Waals surface area contributed by atoms with Gasteiger partial charge in [0.15, 0.2) is 4.32 Å². The van der Waals surface area contributed by atoms with Gasteiger partial charge in [-0.1, -0.05) is 12.2 Å². The summed E-state index contributed by atoms with van der Waals surface area (Å²) in [6, 6.07) is 1.21. The standard InChI is InChI=1S/C5H5N3O2S2/c6-4(11)12-8-2-1-3(9)7-5(8)10/h1-2H,(H2,6,11)(H,7,9,10). The van der Waals surface area contributed by atoms with Gasteiger partial charge in [-0.25, -0.2) is 8.77 Å². The Bertz CT molecular complexity index is 408. The first-order valence-corrected chi connectivity index (χ1v) is 4.07. The fourth-order valence-corrected chi connectivity index (χ4v) is 1.26. The molecule has 0 unspecified atom stereocenters. The van der Waals surface area contributed by atoms with Crippen LogP contribution in [0.2, 0.25) is 0 Å². The quantitative estimate of drug-likeness (QED) is 0.588. The molecule has 1 aromatic heterocycles. The molecule has 0 aromatic carbocycles. The average molecular weight is 203 g/mol. The van der Waals surface area contributed by atoms with Crippen molar-refractivity contribution in [3.05, 3.63) is 33.1 Å².